The van der Waals surface area contributed by atoms with Gasteiger partial charge in [-0.3, -0.25) is 9.59 Å². The highest BCUT2D eigenvalue weighted by molar-refractivity contribution is 8.23. The SMILES string of the molecule is Cc1cccc(NC(=O)CSc2nc3ccc(NC(=O)CSC(=S)N(C(C)C)C(C)C)cc3s2)c1C. The Morgan fingerprint density at radius 3 is 2.42 bits per heavy atom. The molecule has 1 aromatic heterocycles. The van der Waals surface area contributed by atoms with Crippen LogP contribution in [-0.2, 0) is 9.59 Å². The molecule has 0 aliphatic carbocycles. The van der Waals surface area contributed by atoms with Gasteiger partial charge in [-0.05, 0) is 76.9 Å². The van der Waals surface area contributed by atoms with Gasteiger partial charge < -0.3 is 15.5 Å². The number of hydrogen-bond acceptors (Lipinski definition) is 7. The van der Waals surface area contributed by atoms with Crippen LogP contribution in [0, 0.1) is 13.8 Å². The van der Waals surface area contributed by atoms with E-state index >= 15 is 0 Å². The molecule has 0 unspecified atom stereocenters. The number of benzene rings is 2. The van der Waals surface area contributed by atoms with Crippen molar-refractivity contribution in [1.29, 1.82) is 0 Å². The van der Waals surface area contributed by atoms with E-state index in [1.165, 1.54) is 34.9 Å². The number of aryl methyl sites for hydroxylation is 1. The second-order valence-electron chi connectivity index (χ2n) is 8.94. The minimum atomic E-state index is -0.101. The molecule has 3 rings (SSSR count). The maximum atomic E-state index is 12.5. The van der Waals surface area contributed by atoms with Crippen molar-refractivity contribution >= 4 is 84.8 Å². The standard InChI is InChI=1S/C26H32N4O2S4/c1-15(2)30(16(3)4)26(33)35-14-23(31)27-19-10-11-21-22(12-19)36-25(29-21)34-13-24(32)28-20-9-7-8-17(5)18(20)6/h7-12,15-16H,13-14H2,1-6H3,(H,27,31)(H,28,32). The fourth-order valence-electron chi connectivity index (χ4n) is 3.66. The number of thiocarbonyl (C=S) groups is 1. The summed E-state index contributed by atoms with van der Waals surface area (Å²) in [6.07, 6.45) is 0. The van der Waals surface area contributed by atoms with Gasteiger partial charge in [0.1, 0.15) is 4.32 Å². The molecule has 0 saturated heterocycles. The Balaban J connectivity index is 1.54. The first-order valence-corrected chi connectivity index (χ1v) is 14.9. The normalized spacial score (nSPS) is 11.2. The Morgan fingerprint density at radius 2 is 1.72 bits per heavy atom. The Morgan fingerprint density at radius 1 is 1.03 bits per heavy atom. The minimum absolute atomic E-state index is 0.0650. The maximum Gasteiger partial charge on any atom is 0.234 e. The number of carbonyl (C=O) groups is 2. The topological polar surface area (TPSA) is 74.3 Å². The lowest BCUT2D eigenvalue weighted by molar-refractivity contribution is -0.114. The van der Waals surface area contributed by atoms with E-state index < -0.39 is 0 Å². The molecule has 0 radical (unpaired) electrons. The fraction of sp³-hybridized carbons (Fsp3) is 0.385. The van der Waals surface area contributed by atoms with E-state index in [1.807, 2.05) is 50.2 Å². The van der Waals surface area contributed by atoms with Gasteiger partial charge >= 0.3 is 0 Å². The van der Waals surface area contributed by atoms with E-state index in [2.05, 4.69) is 48.2 Å². The van der Waals surface area contributed by atoms with Crippen LogP contribution in [0.25, 0.3) is 10.2 Å². The molecule has 0 spiro atoms. The molecule has 1 heterocycles. The van der Waals surface area contributed by atoms with Crippen LogP contribution >= 0.6 is 47.1 Å². The number of rotatable bonds is 9. The van der Waals surface area contributed by atoms with Gasteiger partial charge in [0.2, 0.25) is 11.8 Å². The molecule has 0 saturated carbocycles. The van der Waals surface area contributed by atoms with Crippen molar-refractivity contribution in [3.63, 3.8) is 0 Å². The number of anilines is 2. The summed E-state index contributed by atoms with van der Waals surface area (Å²) >= 11 is 9.84. The summed E-state index contributed by atoms with van der Waals surface area (Å²) in [7, 11) is 0. The predicted octanol–water partition coefficient (Wildman–Crippen LogP) is 6.72. The average Bonchev–Trinajstić information content (AvgIpc) is 3.21. The average molecular weight is 561 g/mol. The number of nitrogens with zero attached hydrogens (tertiary/aromatic N) is 2. The zero-order valence-corrected chi connectivity index (χ0v) is 24.6. The van der Waals surface area contributed by atoms with Crippen molar-refractivity contribution in [2.75, 3.05) is 22.1 Å². The number of carbonyl (C=O) groups excluding carboxylic acids is 2. The lowest BCUT2D eigenvalue weighted by Crippen LogP contribution is -2.40. The fourth-order valence-corrected chi connectivity index (χ4v) is 7.06. The first-order chi connectivity index (χ1) is 17.0. The smallest absolute Gasteiger partial charge is 0.234 e. The molecule has 36 heavy (non-hydrogen) atoms. The molecule has 0 bridgehead atoms. The van der Waals surface area contributed by atoms with Crippen LogP contribution in [0.4, 0.5) is 11.4 Å². The Kier molecular flexibility index (Phi) is 10.2. The summed E-state index contributed by atoms with van der Waals surface area (Å²) in [5, 5.41) is 5.93. The van der Waals surface area contributed by atoms with Crippen molar-refractivity contribution in [2.24, 2.45) is 0 Å². The number of thiazole rings is 1. The molecule has 10 heteroatoms. The van der Waals surface area contributed by atoms with Crippen LogP contribution in [0.3, 0.4) is 0 Å². The zero-order valence-electron chi connectivity index (χ0n) is 21.4. The van der Waals surface area contributed by atoms with E-state index in [1.54, 1.807) is 0 Å². The maximum absolute atomic E-state index is 12.5. The quantitative estimate of drug-likeness (QED) is 0.222. The van der Waals surface area contributed by atoms with Crippen LogP contribution in [0.15, 0.2) is 40.7 Å². The summed E-state index contributed by atoms with van der Waals surface area (Å²) in [6, 6.07) is 12.1. The summed E-state index contributed by atoms with van der Waals surface area (Å²) in [4.78, 5) is 31.7. The third kappa shape index (κ3) is 7.68. The molecule has 2 amide bonds. The Hall–Kier alpha value is -2.14. The number of fused-ring (bicyclic) bond motifs is 1. The van der Waals surface area contributed by atoms with E-state index in [0.29, 0.717) is 0 Å². The lowest BCUT2D eigenvalue weighted by atomic mass is 10.1. The summed E-state index contributed by atoms with van der Waals surface area (Å²) in [5.41, 5.74) is 4.61. The number of amides is 2. The number of hydrogen-bond donors (Lipinski definition) is 2. The molecule has 6 nitrogen and oxygen atoms in total. The van der Waals surface area contributed by atoms with Gasteiger partial charge in [0.15, 0.2) is 4.34 Å². The molecule has 0 aliphatic heterocycles. The summed E-state index contributed by atoms with van der Waals surface area (Å²) in [6.45, 7) is 12.4. The zero-order chi connectivity index (χ0) is 26.4. The monoisotopic (exact) mass is 560 g/mol. The molecule has 0 atom stereocenters. The van der Waals surface area contributed by atoms with Crippen molar-refractivity contribution < 1.29 is 9.59 Å². The molecular weight excluding hydrogens is 529 g/mol. The molecule has 2 N–H and O–H groups in total. The van der Waals surface area contributed by atoms with Crippen LogP contribution < -0.4 is 10.6 Å². The molecule has 192 valence electrons. The van der Waals surface area contributed by atoms with Gasteiger partial charge in [0.25, 0.3) is 0 Å². The molecule has 3 aromatic rings. The highest BCUT2D eigenvalue weighted by atomic mass is 32.2. The van der Waals surface area contributed by atoms with Crippen LogP contribution in [0.1, 0.15) is 38.8 Å². The predicted molar refractivity (Wildman–Crippen MR) is 161 cm³/mol. The third-order valence-electron chi connectivity index (χ3n) is 5.51. The minimum Gasteiger partial charge on any atom is -0.353 e. The number of thioether (sulfide) groups is 2. The van der Waals surface area contributed by atoms with Crippen LogP contribution in [0.5, 0.6) is 0 Å². The second kappa shape index (κ2) is 12.9. The van der Waals surface area contributed by atoms with E-state index in [9.17, 15) is 9.59 Å². The first-order valence-electron chi connectivity index (χ1n) is 11.7. The van der Waals surface area contributed by atoms with Gasteiger partial charge in [0.05, 0.1) is 21.7 Å². The third-order valence-corrected chi connectivity index (χ3v) is 9.10. The van der Waals surface area contributed by atoms with Gasteiger partial charge in [-0.15, -0.1) is 11.3 Å². The number of nitrogens with one attached hydrogen (secondary N) is 2. The van der Waals surface area contributed by atoms with E-state index in [-0.39, 0.29) is 35.4 Å². The Labute approximate surface area is 231 Å². The van der Waals surface area contributed by atoms with Crippen molar-refractivity contribution in [2.45, 2.75) is 58.0 Å². The highest BCUT2D eigenvalue weighted by Gasteiger charge is 2.18. The second-order valence-corrected chi connectivity index (χ2v) is 12.8. The van der Waals surface area contributed by atoms with Gasteiger partial charge in [-0.25, -0.2) is 4.98 Å². The molecule has 2 aromatic carbocycles. The highest BCUT2D eigenvalue weighted by Crippen LogP contribution is 2.31. The summed E-state index contributed by atoms with van der Waals surface area (Å²) < 4.78 is 2.50. The van der Waals surface area contributed by atoms with Crippen LogP contribution in [0.2, 0.25) is 0 Å². The van der Waals surface area contributed by atoms with E-state index in [4.69, 9.17) is 12.2 Å². The lowest BCUT2D eigenvalue weighted by Gasteiger charge is -2.32. The van der Waals surface area contributed by atoms with E-state index in [0.717, 1.165) is 41.4 Å². The van der Waals surface area contributed by atoms with Gasteiger partial charge in [-0.2, -0.15) is 0 Å². The largest absolute Gasteiger partial charge is 0.353 e. The van der Waals surface area contributed by atoms with Crippen LogP contribution in [-0.4, -0.2) is 49.6 Å². The van der Waals surface area contributed by atoms with Gasteiger partial charge in [0, 0.05) is 23.5 Å². The first kappa shape index (κ1) is 28.4. The van der Waals surface area contributed by atoms with Gasteiger partial charge in [-0.1, -0.05) is 47.9 Å². The molecular formula is C26H32N4O2S4. The molecule has 0 fully saturated rings. The number of aromatic nitrogens is 1. The van der Waals surface area contributed by atoms with Crippen molar-refractivity contribution in [3.8, 4) is 0 Å². The van der Waals surface area contributed by atoms with Crippen molar-refractivity contribution in [3.05, 3.63) is 47.5 Å². The molecule has 0 aliphatic rings. The van der Waals surface area contributed by atoms with Crippen molar-refractivity contribution in [1.82, 2.24) is 9.88 Å². The summed E-state index contributed by atoms with van der Waals surface area (Å²) in [5.74, 6) is 0.366. The Bertz CT molecular complexity index is 1250.